The van der Waals surface area contributed by atoms with Gasteiger partial charge in [-0.05, 0) is 23.5 Å². The standard InChI is InChI=1S/C12H16O.C11H15BO3/c1-9(2)12(13)8-11-6-4-5-10(3)7-11;1-8(2)11(13)7-9-4-3-5-10(6-9)12(14)15/h4-7,9H,8H2,1-3H3;3-6,8,14-15H,7H2,1-2H3. The van der Waals surface area contributed by atoms with E-state index in [9.17, 15) is 9.59 Å². The molecule has 0 spiro atoms. The smallest absolute Gasteiger partial charge is 0.423 e. The van der Waals surface area contributed by atoms with Crippen LogP contribution in [0.5, 0.6) is 0 Å². The summed E-state index contributed by atoms with van der Waals surface area (Å²) < 4.78 is 0. The minimum absolute atomic E-state index is 0.00714. The summed E-state index contributed by atoms with van der Waals surface area (Å²) in [6.45, 7) is 9.64. The Morgan fingerprint density at radius 1 is 0.821 bits per heavy atom. The average molecular weight is 382 g/mol. The number of ketones is 2. The molecule has 2 aromatic rings. The highest BCUT2D eigenvalue weighted by Crippen LogP contribution is 2.08. The third-order valence-corrected chi connectivity index (χ3v) is 4.38. The first-order chi connectivity index (χ1) is 13.1. The molecule has 2 rings (SSSR count). The molecule has 4 nitrogen and oxygen atoms in total. The van der Waals surface area contributed by atoms with Gasteiger partial charge in [-0.25, -0.2) is 0 Å². The fourth-order valence-corrected chi connectivity index (χ4v) is 2.50. The molecule has 2 aromatic carbocycles. The van der Waals surface area contributed by atoms with Crippen molar-refractivity contribution < 1.29 is 19.6 Å². The lowest BCUT2D eigenvalue weighted by Gasteiger charge is -2.06. The summed E-state index contributed by atoms with van der Waals surface area (Å²) in [5.74, 6) is 0.610. The van der Waals surface area contributed by atoms with Gasteiger partial charge in [0.05, 0.1) is 0 Å². The number of aryl methyl sites for hydroxylation is 1. The molecule has 0 heterocycles. The normalized spacial score (nSPS) is 10.5. The number of carbonyl (C=O) groups is 2. The lowest BCUT2D eigenvalue weighted by atomic mass is 9.79. The van der Waals surface area contributed by atoms with Crippen molar-refractivity contribution in [3.05, 3.63) is 65.2 Å². The molecular weight excluding hydrogens is 351 g/mol. The fourth-order valence-electron chi connectivity index (χ4n) is 2.50. The first-order valence-corrected chi connectivity index (χ1v) is 9.66. The molecule has 0 aliphatic rings. The van der Waals surface area contributed by atoms with E-state index in [0.29, 0.717) is 24.1 Å². The molecule has 28 heavy (non-hydrogen) atoms. The highest BCUT2D eigenvalue weighted by Gasteiger charge is 2.13. The van der Waals surface area contributed by atoms with Gasteiger partial charge in [0, 0.05) is 24.7 Å². The van der Waals surface area contributed by atoms with Crippen molar-refractivity contribution in [1.29, 1.82) is 0 Å². The molecular formula is C23H31BO4. The van der Waals surface area contributed by atoms with Gasteiger partial charge in [0.25, 0.3) is 0 Å². The summed E-state index contributed by atoms with van der Waals surface area (Å²) in [4.78, 5) is 22.9. The van der Waals surface area contributed by atoms with Crippen LogP contribution >= 0.6 is 0 Å². The van der Waals surface area contributed by atoms with E-state index >= 15 is 0 Å². The molecule has 0 saturated carbocycles. The van der Waals surface area contributed by atoms with Crippen LogP contribution in [-0.4, -0.2) is 28.7 Å². The second-order valence-corrected chi connectivity index (χ2v) is 7.70. The van der Waals surface area contributed by atoms with E-state index in [1.165, 1.54) is 5.56 Å². The van der Waals surface area contributed by atoms with Gasteiger partial charge < -0.3 is 10.0 Å². The van der Waals surface area contributed by atoms with Crippen molar-refractivity contribution in [2.75, 3.05) is 0 Å². The Morgan fingerprint density at radius 3 is 1.71 bits per heavy atom. The Hall–Kier alpha value is -2.24. The van der Waals surface area contributed by atoms with Gasteiger partial charge in [-0.1, -0.05) is 81.8 Å². The van der Waals surface area contributed by atoms with Crippen molar-refractivity contribution >= 4 is 24.1 Å². The van der Waals surface area contributed by atoms with E-state index < -0.39 is 7.12 Å². The highest BCUT2D eigenvalue weighted by molar-refractivity contribution is 6.58. The Bertz CT molecular complexity index is 782. The number of hydrogen-bond donors (Lipinski definition) is 2. The molecule has 0 bridgehead atoms. The zero-order valence-electron chi connectivity index (χ0n) is 17.5. The number of hydrogen-bond acceptors (Lipinski definition) is 4. The lowest BCUT2D eigenvalue weighted by Crippen LogP contribution is -2.30. The molecule has 0 saturated heterocycles. The SMILES string of the molecule is CC(C)C(=O)Cc1cccc(B(O)O)c1.Cc1cccc(CC(=O)C(C)C)c1. The quantitative estimate of drug-likeness (QED) is 0.723. The second kappa shape index (κ2) is 11.6. The summed E-state index contributed by atoms with van der Waals surface area (Å²) in [5, 5.41) is 17.9. The van der Waals surface area contributed by atoms with E-state index in [1.807, 2.05) is 58.9 Å². The van der Waals surface area contributed by atoms with Crippen LogP contribution in [0.15, 0.2) is 48.5 Å². The summed E-state index contributed by atoms with van der Waals surface area (Å²) in [6, 6.07) is 14.9. The predicted molar refractivity (Wildman–Crippen MR) is 115 cm³/mol. The van der Waals surface area contributed by atoms with Crippen LogP contribution in [0.1, 0.15) is 44.4 Å². The Morgan fingerprint density at radius 2 is 1.29 bits per heavy atom. The lowest BCUT2D eigenvalue weighted by molar-refractivity contribution is -0.122. The Kier molecular flexibility index (Phi) is 9.84. The number of rotatable bonds is 7. The molecule has 0 atom stereocenters. The molecule has 0 radical (unpaired) electrons. The van der Waals surface area contributed by atoms with Crippen LogP contribution in [0, 0.1) is 18.8 Å². The van der Waals surface area contributed by atoms with Crippen LogP contribution in [0.4, 0.5) is 0 Å². The van der Waals surface area contributed by atoms with Crippen LogP contribution in [0.25, 0.3) is 0 Å². The minimum atomic E-state index is -1.47. The maximum Gasteiger partial charge on any atom is 0.488 e. The van der Waals surface area contributed by atoms with Gasteiger partial charge in [-0.15, -0.1) is 0 Å². The molecule has 0 amide bonds. The maximum absolute atomic E-state index is 11.5. The van der Waals surface area contributed by atoms with Crippen molar-refractivity contribution in [2.45, 2.75) is 47.5 Å². The van der Waals surface area contributed by atoms with Gasteiger partial charge in [-0.2, -0.15) is 0 Å². The summed E-state index contributed by atoms with van der Waals surface area (Å²) in [5.41, 5.74) is 3.58. The Balaban J connectivity index is 0.000000283. The monoisotopic (exact) mass is 382 g/mol. The van der Waals surface area contributed by atoms with E-state index in [0.717, 1.165) is 11.1 Å². The van der Waals surface area contributed by atoms with Crippen molar-refractivity contribution in [3.63, 3.8) is 0 Å². The largest absolute Gasteiger partial charge is 0.488 e. The van der Waals surface area contributed by atoms with Gasteiger partial charge in [0.15, 0.2) is 0 Å². The molecule has 2 N–H and O–H groups in total. The van der Waals surface area contributed by atoms with Crippen LogP contribution in [-0.2, 0) is 22.4 Å². The molecule has 5 heteroatoms. The molecule has 0 aromatic heterocycles. The molecule has 0 unspecified atom stereocenters. The summed E-state index contributed by atoms with van der Waals surface area (Å²) in [6.07, 6.45) is 0.914. The van der Waals surface area contributed by atoms with Crippen molar-refractivity contribution in [1.82, 2.24) is 0 Å². The zero-order valence-corrected chi connectivity index (χ0v) is 17.5. The first-order valence-electron chi connectivity index (χ1n) is 9.66. The second-order valence-electron chi connectivity index (χ2n) is 7.70. The van der Waals surface area contributed by atoms with Crippen molar-refractivity contribution in [3.8, 4) is 0 Å². The predicted octanol–water partition coefficient (Wildman–Crippen LogP) is 2.90. The summed E-state index contributed by atoms with van der Waals surface area (Å²) >= 11 is 0. The maximum atomic E-state index is 11.5. The van der Waals surface area contributed by atoms with E-state index in [2.05, 4.69) is 6.07 Å². The van der Waals surface area contributed by atoms with E-state index in [-0.39, 0.29) is 17.6 Å². The average Bonchev–Trinajstić information content (AvgIpc) is 2.62. The molecule has 0 aliphatic heterocycles. The third kappa shape index (κ3) is 8.64. The van der Waals surface area contributed by atoms with Gasteiger partial charge in [-0.3, -0.25) is 9.59 Å². The highest BCUT2D eigenvalue weighted by atomic mass is 16.4. The van der Waals surface area contributed by atoms with Crippen molar-refractivity contribution in [2.24, 2.45) is 11.8 Å². The Labute approximate surface area is 168 Å². The van der Waals surface area contributed by atoms with Gasteiger partial charge in [0.1, 0.15) is 11.6 Å². The van der Waals surface area contributed by atoms with Crippen LogP contribution < -0.4 is 5.46 Å². The summed E-state index contributed by atoms with van der Waals surface area (Å²) in [7, 11) is -1.47. The van der Waals surface area contributed by atoms with Gasteiger partial charge in [0.2, 0.25) is 0 Å². The number of Topliss-reactive ketones (excluding diaryl/α,β-unsaturated/α-hetero) is 2. The fraction of sp³-hybridized carbons (Fsp3) is 0.391. The van der Waals surface area contributed by atoms with Gasteiger partial charge >= 0.3 is 7.12 Å². The third-order valence-electron chi connectivity index (χ3n) is 4.38. The van der Waals surface area contributed by atoms with E-state index in [4.69, 9.17) is 10.0 Å². The molecule has 150 valence electrons. The minimum Gasteiger partial charge on any atom is -0.423 e. The van der Waals surface area contributed by atoms with Crippen LogP contribution in [0.3, 0.4) is 0 Å². The van der Waals surface area contributed by atoms with Crippen LogP contribution in [0.2, 0.25) is 0 Å². The zero-order chi connectivity index (χ0) is 21.3. The molecule has 0 aliphatic carbocycles. The topological polar surface area (TPSA) is 74.6 Å². The molecule has 0 fully saturated rings. The van der Waals surface area contributed by atoms with E-state index in [1.54, 1.807) is 18.2 Å². The number of carbonyl (C=O) groups excluding carboxylic acids is 2. The first kappa shape index (κ1) is 23.8. The number of benzene rings is 2.